The Kier molecular flexibility index (Phi) is 4.01. The predicted molar refractivity (Wildman–Crippen MR) is 69.1 cm³/mol. The van der Waals surface area contributed by atoms with Gasteiger partial charge in [-0.25, -0.2) is 0 Å². The molecule has 92 valence electrons. The standard InChI is InChI=1S/C11H12BrClN2O2/c1-6-2-3-9(17-6)11(16)15-8-5-14-4-7(12)10(8)13/h4-6,9H,2-3H2,1H3,(H,15,16)/t6-,9-/m0/s1. The van der Waals surface area contributed by atoms with Crippen LogP contribution in [0.3, 0.4) is 0 Å². The summed E-state index contributed by atoms with van der Waals surface area (Å²) in [7, 11) is 0. The van der Waals surface area contributed by atoms with E-state index in [0.717, 1.165) is 12.8 Å². The largest absolute Gasteiger partial charge is 0.365 e. The first kappa shape index (κ1) is 12.8. The molecular weight excluding hydrogens is 307 g/mol. The lowest BCUT2D eigenvalue weighted by atomic mass is 10.2. The molecule has 0 spiro atoms. The normalized spacial score (nSPS) is 23.7. The van der Waals surface area contributed by atoms with Crippen molar-refractivity contribution < 1.29 is 9.53 Å². The molecule has 1 N–H and O–H groups in total. The quantitative estimate of drug-likeness (QED) is 0.911. The summed E-state index contributed by atoms with van der Waals surface area (Å²) >= 11 is 9.28. The molecule has 0 unspecified atom stereocenters. The molecule has 2 rings (SSSR count). The first-order valence-corrected chi connectivity index (χ1v) is 6.50. The van der Waals surface area contributed by atoms with Gasteiger partial charge in [0.15, 0.2) is 0 Å². The number of pyridine rings is 1. The molecule has 1 aromatic rings. The number of amides is 1. The smallest absolute Gasteiger partial charge is 0.253 e. The number of nitrogens with one attached hydrogen (secondary N) is 1. The van der Waals surface area contributed by atoms with E-state index in [1.165, 1.54) is 6.20 Å². The van der Waals surface area contributed by atoms with Gasteiger partial charge in [-0.1, -0.05) is 11.6 Å². The van der Waals surface area contributed by atoms with Crippen LogP contribution in [-0.2, 0) is 9.53 Å². The summed E-state index contributed by atoms with van der Waals surface area (Å²) in [6, 6.07) is 0. The molecule has 17 heavy (non-hydrogen) atoms. The summed E-state index contributed by atoms with van der Waals surface area (Å²) in [6.45, 7) is 1.96. The highest BCUT2D eigenvalue weighted by atomic mass is 79.9. The lowest BCUT2D eigenvalue weighted by Crippen LogP contribution is -2.27. The van der Waals surface area contributed by atoms with E-state index >= 15 is 0 Å². The minimum Gasteiger partial charge on any atom is -0.365 e. The maximum absolute atomic E-state index is 11.9. The molecule has 4 nitrogen and oxygen atoms in total. The van der Waals surface area contributed by atoms with Crippen molar-refractivity contribution in [2.45, 2.75) is 32.0 Å². The topological polar surface area (TPSA) is 51.2 Å². The van der Waals surface area contributed by atoms with Crippen LogP contribution in [0.15, 0.2) is 16.9 Å². The highest BCUT2D eigenvalue weighted by Crippen LogP contribution is 2.29. The van der Waals surface area contributed by atoms with Crippen molar-refractivity contribution in [2.75, 3.05) is 5.32 Å². The summed E-state index contributed by atoms with van der Waals surface area (Å²) < 4.78 is 6.13. The number of halogens is 2. The summed E-state index contributed by atoms with van der Waals surface area (Å²) in [6.07, 6.45) is 4.49. The van der Waals surface area contributed by atoms with Gasteiger partial charge in [0.25, 0.3) is 5.91 Å². The van der Waals surface area contributed by atoms with Crippen molar-refractivity contribution in [1.82, 2.24) is 4.98 Å². The van der Waals surface area contributed by atoms with E-state index in [9.17, 15) is 4.79 Å². The van der Waals surface area contributed by atoms with Crippen LogP contribution in [0.25, 0.3) is 0 Å². The molecule has 1 aliphatic heterocycles. The van der Waals surface area contributed by atoms with Crippen molar-refractivity contribution in [3.8, 4) is 0 Å². The van der Waals surface area contributed by atoms with Crippen LogP contribution in [-0.4, -0.2) is 23.1 Å². The summed E-state index contributed by atoms with van der Waals surface area (Å²) in [5.41, 5.74) is 0.495. The minimum atomic E-state index is -0.389. The first-order chi connectivity index (χ1) is 8.08. The first-order valence-electron chi connectivity index (χ1n) is 5.33. The summed E-state index contributed by atoms with van der Waals surface area (Å²) in [5, 5.41) is 3.17. The lowest BCUT2D eigenvalue weighted by molar-refractivity contribution is -0.126. The van der Waals surface area contributed by atoms with Gasteiger partial charge < -0.3 is 10.1 Å². The molecule has 0 bridgehead atoms. The molecule has 0 aliphatic carbocycles. The summed E-state index contributed by atoms with van der Waals surface area (Å²) in [4.78, 5) is 15.8. The van der Waals surface area contributed by atoms with Gasteiger partial charge in [-0.15, -0.1) is 0 Å². The Labute approximate surface area is 113 Å². The molecule has 6 heteroatoms. The molecule has 2 heterocycles. The fraction of sp³-hybridized carbons (Fsp3) is 0.455. The second kappa shape index (κ2) is 5.33. The van der Waals surface area contributed by atoms with E-state index in [1.54, 1.807) is 6.20 Å². The Morgan fingerprint density at radius 2 is 2.35 bits per heavy atom. The van der Waals surface area contributed by atoms with E-state index < -0.39 is 0 Å². The maximum atomic E-state index is 11.9. The van der Waals surface area contributed by atoms with E-state index in [-0.39, 0.29) is 18.1 Å². The van der Waals surface area contributed by atoms with Gasteiger partial charge in [0.05, 0.1) is 27.5 Å². The average molecular weight is 320 g/mol. The zero-order valence-electron chi connectivity index (χ0n) is 9.24. The Morgan fingerprint density at radius 3 is 3.00 bits per heavy atom. The Morgan fingerprint density at radius 1 is 1.59 bits per heavy atom. The molecule has 1 fully saturated rings. The molecule has 0 aromatic carbocycles. The third kappa shape index (κ3) is 2.97. The van der Waals surface area contributed by atoms with Crippen LogP contribution in [0.4, 0.5) is 5.69 Å². The number of hydrogen-bond acceptors (Lipinski definition) is 3. The molecule has 0 saturated carbocycles. The minimum absolute atomic E-state index is 0.141. The lowest BCUT2D eigenvalue weighted by Gasteiger charge is -2.12. The van der Waals surface area contributed by atoms with Gasteiger partial charge in [-0.3, -0.25) is 9.78 Å². The number of carbonyl (C=O) groups excluding carboxylic acids is 1. The zero-order valence-corrected chi connectivity index (χ0v) is 11.6. The van der Waals surface area contributed by atoms with Crippen molar-refractivity contribution in [1.29, 1.82) is 0 Å². The van der Waals surface area contributed by atoms with Crippen LogP contribution in [0.5, 0.6) is 0 Å². The van der Waals surface area contributed by atoms with Crippen molar-refractivity contribution >= 4 is 39.1 Å². The van der Waals surface area contributed by atoms with Gasteiger partial charge in [0.2, 0.25) is 0 Å². The Hall–Kier alpha value is -0.650. The molecule has 2 atom stereocenters. The van der Waals surface area contributed by atoms with Crippen molar-refractivity contribution in [2.24, 2.45) is 0 Å². The second-order valence-electron chi connectivity index (χ2n) is 3.98. The van der Waals surface area contributed by atoms with Crippen LogP contribution in [0.2, 0.25) is 5.02 Å². The zero-order chi connectivity index (χ0) is 12.4. The van der Waals surface area contributed by atoms with Gasteiger partial charge in [-0.05, 0) is 35.7 Å². The fourth-order valence-electron chi connectivity index (χ4n) is 1.72. The summed E-state index contributed by atoms with van der Waals surface area (Å²) in [5.74, 6) is -0.170. The van der Waals surface area contributed by atoms with E-state index in [1.807, 2.05) is 6.92 Å². The van der Waals surface area contributed by atoms with Gasteiger partial charge >= 0.3 is 0 Å². The van der Waals surface area contributed by atoms with Gasteiger partial charge in [0.1, 0.15) is 6.10 Å². The van der Waals surface area contributed by atoms with Gasteiger partial charge in [-0.2, -0.15) is 0 Å². The van der Waals surface area contributed by atoms with Crippen molar-refractivity contribution in [3.05, 3.63) is 21.9 Å². The van der Waals surface area contributed by atoms with E-state index in [0.29, 0.717) is 15.2 Å². The monoisotopic (exact) mass is 318 g/mol. The predicted octanol–water partition coefficient (Wildman–Crippen LogP) is 3.00. The highest BCUT2D eigenvalue weighted by Gasteiger charge is 2.28. The van der Waals surface area contributed by atoms with Crippen molar-refractivity contribution in [3.63, 3.8) is 0 Å². The Bertz CT molecular complexity index is 441. The molecule has 1 aromatic heterocycles. The SMILES string of the molecule is C[C@H]1CC[C@@H](C(=O)Nc2cncc(Br)c2Cl)O1. The van der Waals surface area contributed by atoms with Crippen LogP contribution in [0, 0.1) is 0 Å². The average Bonchev–Trinajstić information content (AvgIpc) is 2.72. The molecule has 0 radical (unpaired) electrons. The molecule has 1 aliphatic rings. The second-order valence-corrected chi connectivity index (χ2v) is 5.22. The number of aromatic nitrogens is 1. The van der Waals surface area contributed by atoms with E-state index in [2.05, 4.69) is 26.2 Å². The third-order valence-corrected chi connectivity index (χ3v) is 3.86. The molecule has 1 amide bonds. The van der Waals surface area contributed by atoms with Gasteiger partial charge in [0, 0.05) is 6.20 Å². The number of rotatable bonds is 2. The van der Waals surface area contributed by atoms with Crippen LogP contribution in [0.1, 0.15) is 19.8 Å². The Balaban J connectivity index is 2.06. The number of anilines is 1. The molecule has 1 saturated heterocycles. The van der Waals surface area contributed by atoms with Crippen LogP contribution >= 0.6 is 27.5 Å². The molecular formula is C11H12BrClN2O2. The van der Waals surface area contributed by atoms with E-state index in [4.69, 9.17) is 16.3 Å². The number of ether oxygens (including phenoxy) is 1. The number of nitrogens with zero attached hydrogens (tertiary/aromatic N) is 1. The number of hydrogen-bond donors (Lipinski definition) is 1. The highest BCUT2D eigenvalue weighted by molar-refractivity contribution is 9.10. The number of carbonyl (C=O) groups is 1. The maximum Gasteiger partial charge on any atom is 0.253 e. The van der Waals surface area contributed by atoms with Crippen LogP contribution < -0.4 is 5.32 Å². The fourth-order valence-corrected chi connectivity index (χ4v) is 2.19. The third-order valence-electron chi connectivity index (χ3n) is 2.62.